The Balaban J connectivity index is 3.16. The van der Waals surface area contributed by atoms with Crippen molar-refractivity contribution in [3.8, 4) is 0 Å². The van der Waals surface area contributed by atoms with E-state index in [0.29, 0.717) is 6.85 Å². The number of hydrogen-bond acceptors (Lipinski definition) is 1. The van der Waals surface area contributed by atoms with Gasteiger partial charge in [-0.05, 0) is 13.3 Å². The Morgan fingerprint density at radius 2 is 2.00 bits per heavy atom. The van der Waals surface area contributed by atoms with Gasteiger partial charge in [-0.3, -0.25) is 0 Å². The molecular weight excluding hydrogens is 185 g/mol. The van der Waals surface area contributed by atoms with Crippen molar-refractivity contribution < 1.29 is 0 Å². The maximum Gasteiger partial charge on any atom is 0.243 e. The molecule has 0 atom stereocenters. The van der Waals surface area contributed by atoms with Gasteiger partial charge in [-0.15, -0.1) is 0 Å². The van der Waals surface area contributed by atoms with Crippen LogP contribution in [0.25, 0.3) is 0 Å². The SMILES string of the molecule is C=C(C)C1=C(CC)B(CC)N[Si]1(C)C. The van der Waals surface area contributed by atoms with Crippen LogP contribution in [0.2, 0.25) is 19.4 Å². The molecule has 0 bridgehead atoms. The first-order valence-electron chi connectivity index (χ1n) is 5.61. The molecule has 0 saturated carbocycles. The Morgan fingerprint density at radius 3 is 2.36 bits per heavy atom. The minimum Gasteiger partial charge on any atom is -0.371 e. The van der Waals surface area contributed by atoms with E-state index in [-0.39, 0.29) is 0 Å². The fourth-order valence-electron chi connectivity index (χ4n) is 2.75. The standard InChI is InChI=1S/C11H22BNSi/c1-7-10-11(9(3)4)14(5,6)13-12(10)8-2/h13H,3,7-8H2,1-2,4-6H3. The molecule has 1 aliphatic heterocycles. The highest BCUT2D eigenvalue weighted by atomic mass is 28.3. The van der Waals surface area contributed by atoms with Crippen molar-refractivity contribution in [2.75, 3.05) is 0 Å². The second-order valence-corrected chi connectivity index (χ2v) is 8.80. The van der Waals surface area contributed by atoms with Gasteiger partial charge in [0.1, 0.15) is 8.24 Å². The smallest absolute Gasteiger partial charge is 0.243 e. The highest BCUT2D eigenvalue weighted by molar-refractivity contribution is 6.96. The zero-order valence-electron chi connectivity index (χ0n) is 10.2. The van der Waals surface area contributed by atoms with E-state index in [1.54, 1.807) is 10.7 Å². The van der Waals surface area contributed by atoms with Gasteiger partial charge in [0.05, 0.1) is 0 Å². The molecule has 78 valence electrons. The van der Waals surface area contributed by atoms with Crippen molar-refractivity contribution in [3.05, 3.63) is 22.8 Å². The molecule has 1 N–H and O–H groups in total. The first-order valence-corrected chi connectivity index (χ1v) is 8.61. The molecule has 0 unspecified atom stereocenters. The molecule has 0 aromatic carbocycles. The van der Waals surface area contributed by atoms with Gasteiger partial charge in [0.25, 0.3) is 0 Å². The van der Waals surface area contributed by atoms with Gasteiger partial charge in [0.2, 0.25) is 6.85 Å². The lowest BCUT2D eigenvalue weighted by Crippen LogP contribution is -2.48. The molecule has 0 amide bonds. The largest absolute Gasteiger partial charge is 0.371 e. The average Bonchev–Trinajstić information content (AvgIpc) is 2.35. The summed E-state index contributed by atoms with van der Waals surface area (Å²) in [4.78, 5) is 3.82. The predicted octanol–water partition coefficient (Wildman–Crippen LogP) is 3.17. The first-order chi connectivity index (χ1) is 6.44. The zero-order chi connectivity index (χ0) is 10.9. The predicted molar refractivity (Wildman–Crippen MR) is 69.0 cm³/mol. The van der Waals surface area contributed by atoms with Crippen LogP contribution in [0.15, 0.2) is 22.8 Å². The molecule has 0 saturated heterocycles. The van der Waals surface area contributed by atoms with Crippen molar-refractivity contribution in [1.29, 1.82) is 0 Å². The fourth-order valence-corrected chi connectivity index (χ4v) is 6.36. The summed E-state index contributed by atoms with van der Waals surface area (Å²) in [6.07, 6.45) is 2.38. The van der Waals surface area contributed by atoms with Gasteiger partial charge in [-0.2, -0.15) is 0 Å². The second kappa shape index (κ2) is 4.07. The molecule has 0 aliphatic carbocycles. The van der Waals surface area contributed by atoms with E-state index in [1.807, 2.05) is 0 Å². The number of nitrogens with one attached hydrogen (secondary N) is 1. The minimum absolute atomic E-state index is 0.619. The van der Waals surface area contributed by atoms with Crippen LogP contribution in [0.5, 0.6) is 0 Å². The van der Waals surface area contributed by atoms with Crippen molar-refractivity contribution in [1.82, 2.24) is 4.89 Å². The second-order valence-electron chi connectivity index (χ2n) is 4.76. The molecule has 1 heterocycles. The summed E-state index contributed by atoms with van der Waals surface area (Å²) < 4.78 is 0. The summed E-state index contributed by atoms with van der Waals surface area (Å²) in [7, 11) is -1.37. The summed E-state index contributed by atoms with van der Waals surface area (Å²) in [6.45, 7) is 16.2. The van der Waals surface area contributed by atoms with E-state index in [4.69, 9.17) is 0 Å². The Labute approximate surface area is 89.9 Å². The van der Waals surface area contributed by atoms with Gasteiger partial charge in [-0.25, -0.2) is 0 Å². The quantitative estimate of drug-likeness (QED) is 0.701. The lowest BCUT2D eigenvalue weighted by molar-refractivity contribution is 1.15. The summed E-state index contributed by atoms with van der Waals surface area (Å²) >= 11 is 0. The van der Waals surface area contributed by atoms with Crippen LogP contribution < -0.4 is 4.89 Å². The monoisotopic (exact) mass is 207 g/mol. The minimum atomic E-state index is -1.37. The van der Waals surface area contributed by atoms with Gasteiger partial charge in [0, 0.05) is 0 Å². The molecule has 0 spiro atoms. The van der Waals surface area contributed by atoms with Gasteiger partial charge in [0.15, 0.2) is 0 Å². The molecule has 1 rings (SSSR count). The maximum absolute atomic E-state index is 4.14. The van der Waals surface area contributed by atoms with E-state index in [0.717, 1.165) is 0 Å². The van der Waals surface area contributed by atoms with Gasteiger partial charge >= 0.3 is 0 Å². The third kappa shape index (κ3) is 1.89. The Morgan fingerprint density at radius 1 is 1.43 bits per heavy atom. The van der Waals surface area contributed by atoms with E-state index in [2.05, 4.69) is 45.3 Å². The summed E-state index contributed by atoms with van der Waals surface area (Å²) in [6, 6.07) is 0. The molecule has 1 aliphatic rings. The summed E-state index contributed by atoms with van der Waals surface area (Å²) in [5.41, 5.74) is 2.90. The van der Waals surface area contributed by atoms with Crippen molar-refractivity contribution in [2.45, 2.75) is 46.6 Å². The Bertz CT molecular complexity index is 281. The lowest BCUT2D eigenvalue weighted by atomic mass is 9.53. The molecule has 1 nitrogen and oxygen atoms in total. The summed E-state index contributed by atoms with van der Waals surface area (Å²) in [5.74, 6) is 0. The Hall–Kier alpha value is -0.278. The first kappa shape index (κ1) is 11.8. The molecule has 0 aromatic heterocycles. The van der Waals surface area contributed by atoms with Crippen LogP contribution in [0.1, 0.15) is 27.2 Å². The third-order valence-corrected chi connectivity index (χ3v) is 6.19. The molecule has 14 heavy (non-hydrogen) atoms. The van der Waals surface area contributed by atoms with Gasteiger partial charge in [-0.1, -0.05) is 56.1 Å². The fraction of sp³-hybridized carbons (Fsp3) is 0.636. The van der Waals surface area contributed by atoms with Crippen LogP contribution in [0, 0.1) is 0 Å². The zero-order valence-corrected chi connectivity index (χ0v) is 11.2. The average molecular weight is 207 g/mol. The Kier molecular flexibility index (Phi) is 3.43. The van der Waals surface area contributed by atoms with Crippen molar-refractivity contribution in [2.24, 2.45) is 0 Å². The van der Waals surface area contributed by atoms with Crippen LogP contribution in [0.3, 0.4) is 0 Å². The maximum atomic E-state index is 4.14. The van der Waals surface area contributed by atoms with E-state index >= 15 is 0 Å². The molecule has 3 heteroatoms. The molecular formula is C11H22BNSi. The molecule has 0 fully saturated rings. The highest BCUT2D eigenvalue weighted by Gasteiger charge is 2.40. The van der Waals surface area contributed by atoms with Crippen LogP contribution >= 0.6 is 0 Å². The summed E-state index contributed by atoms with van der Waals surface area (Å²) in [5, 5.41) is 1.59. The third-order valence-electron chi connectivity index (χ3n) is 3.12. The number of hydrogen-bond donors (Lipinski definition) is 1. The highest BCUT2D eigenvalue weighted by Crippen LogP contribution is 2.32. The van der Waals surface area contributed by atoms with Crippen LogP contribution in [-0.4, -0.2) is 15.1 Å². The molecule has 0 aromatic rings. The van der Waals surface area contributed by atoms with Crippen molar-refractivity contribution in [3.63, 3.8) is 0 Å². The van der Waals surface area contributed by atoms with Crippen LogP contribution in [0.4, 0.5) is 0 Å². The molecule has 0 radical (unpaired) electrons. The van der Waals surface area contributed by atoms with Gasteiger partial charge < -0.3 is 4.89 Å². The normalized spacial score (nSPS) is 20.5. The van der Waals surface area contributed by atoms with Crippen LogP contribution in [-0.2, 0) is 0 Å². The number of allylic oxidation sites excluding steroid dienone is 3. The van der Waals surface area contributed by atoms with E-state index in [9.17, 15) is 0 Å². The topological polar surface area (TPSA) is 12.0 Å². The number of rotatable bonds is 3. The van der Waals surface area contributed by atoms with E-state index in [1.165, 1.54) is 18.3 Å². The lowest BCUT2D eigenvalue weighted by Gasteiger charge is -2.22. The van der Waals surface area contributed by atoms with E-state index < -0.39 is 8.24 Å². The van der Waals surface area contributed by atoms with Crippen molar-refractivity contribution >= 4 is 15.1 Å².